The average molecular weight is 371 g/mol. The van der Waals surface area contributed by atoms with Gasteiger partial charge in [0.15, 0.2) is 18.0 Å². The molecule has 1 aliphatic heterocycles. The lowest BCUT2D eigenvalue weighted by atomic mass is 10.1. The molecule has 0 unspecified atom stereocenters. The minimum atomic E-state index is 0.572. The summed E-state index contributed by atoms with van der Waals surface area (Å²) in [5.41, 5.74) is 4.33. The number of rotatable bonds is 2. The Labute approximate surface area is 160 Å². The van der Waals surface area contributed by atoms with Crippen LogP contribution in [0, 0.1) is 0 Å². The fraction of sp³-hybridized carbons (Fsp3) is 0.190. The number of aromatic amines is 1. The molecule has 4 heterocycles. The molecule has 7 heteroatoms. The van der Waals surface area contributed by atoms with Crippen molar-refractivity contribution in [2.24, 2.45) is 0 Å². The summed E-state index contributed by atoms with van der Waals surface area (Å²) in [6.07, 6.45) is 1.42. The van der Waals surface area contributed by atoms with Crippen LogP contribution in [-0.4, -0.2) is 46.2 Å². The SMILES string of the molecule is c1ccc2c(c1)[nH]c1cc(-c3nc(N4CCOCC4)c4ocnc4n3)ccc12. The lowest BCUT2D eigenvalue weighted by Gasteiger charge is -2.27. The summed E-state index contributed by atoms with van der Waals surface area (Å²) in [5, 5.41) is 2.40. The van der Waals surface area contributed by atoms with Gasteiger partial charge >= 0.3 is 0 Å². The van der Waals surface area contributed by atoms with Crippen LogP contribution < -0.4 is 4.90 Å². The number of morpholine rings is 1. The Morgan fingerprint density at radius 3 is 2.71 bits per heavy atom. The quantitative estimate of drug-likeness (QED) is 0.509. The van der Waals surface area contributed by atoms with E-state index in [-0.39, 0.29) is 0 Å². The molecule has 7 nitrogen and oxygen atoms in total. The lowest BCUT2D eigenvalue weighted by molar-refractivity contribution is 0.122. The summed E-state index contributed by atoms with van der Waals surface area (Å²) in [5.74, 6) is 1.42. The van der Waals surface area contributed by atoms with Gasteiger partial charge in [-0.1, -0.05) is 30.3 Å². The molecule has 0 amide bonds. The summed E-state index contributed by atoms with van der Waals surface area (Å²) in [4.78, 5) is 19.4. The van der Waals surface area contributed by atoms with E-state index in [1.165, 1.54) is 17.2 Å². The number of nitrogens with zero attached hydrogens (tertiary/aromatic N) is 4. The Kier molecular flexibility index (Phi) is 3.36. The molecule has 1 fully saturated rings. The second-order valence-corrected chi connectivity index (χ2v) is 6.91. The molecule has 0 bridgehead atoms. The van der Waals surface area contributed by atoms with Crippen molar-refractivity contribution in [1.82, 2.24) is 19.9 Å². The third-order valence-corrected chi connectivity index (χ3v) is 5.25. The van der Waals surface area contributed by atoms with E-state index in [2.05, 4.69) is 56.3 Å². The molecule has 28 heavy (non-hydrogen) atoms. The van der Waals surface area contributed by atoms with Crippen LogP contribution in [0.3, 0.4) is 0 Å². The van der Waals surface area contributed by atoms with Crippen LogP contribution in [-0.2, 0) is 4.74 Å². The molecule has 0 saturated carbocycles. The van der Waals surface area contributed by atoms with E-state index in [9.17, 15) is 0 Å². The number of anilines is 1. The fourth-order valence-corrected chi connectivity index (χ4v) is 3.86. The number of fused-ring (bicyclic) bond motifs is 4. The number of hydrogen-bond acceptors (Lipinski definition) is 6. The van der Waals surface area contributed by atoms with Gasteiger partial charge in [0, 0.05) is 40.5 Å². The van der Waals surface area contributed by atoms with Crippen molar-refractivity contribution in [3.63, 3.8) is 0 Å². The molecule has 0 radical (unpaired) electrons. The van der Waals surface area contributed by atoms with Gasteiger partial charge in [0.1, 0.15) is 0 Å². The molecule has 1 N–H and O–H groups in total. The normalized spacial score (nSPS) is 15.1. The van der Waals surface area contributed by atoms with E-state index in [1.54, 1.807) is 0 Å². The molecule has 1 saturated heterocycles. The van der Waals surface area contributed by atoms with Crippen molar-refractivity contribution in [2.75, 3.05) is 31.2 Å². The van der Waals surface area contributed by atoms with E-state index in [0.717, 1.165) is 35.5 Å². The first-order valence-corrected chi connectivity index (χ1v) is 9.31. The van der Waals surface area contributed by atoms with E-state index in [4.69, 9.17) is 14.1 Å². The highest BCUT2D eigenvalue weighted by Gasteiger charge is 2.21. The molecule has 0 atom stereocenters. The maximum absolute atomic E-state index is 5.58. The Morgan fingerprint density at radius 2 is 1.79 bits per heavy atom. The minimum Gasteiger partial charge on any atom is -0.438 e. The van der Waals surface area contributed by atoms with Gasteiger partial charge in [0.25, 0.3) is 0 Å². The zero-order valence-corrected chi connectivity index (χ0v) is 15.1. The van der Waals surface area contributed by atoms with E-state index in [0.29, 0.717) is 30.3 Å². The Morgan fingerprint density at radius 1 is 0.929 bits per heavy atom. The summed E-state index contributed by atoms with van der Waals surface area (Å²) in [6, 6.07) is 14.6. The summed E-state index contributed by atoms with van der Waals surface area (Å²) in [7, 11) is 0. The van der Waals surface area contributed by atoms with Crippen LogP contribution in [0.15, 0.2) is 53.3 Å². The van der Waals surface area contributed by atoms with Gasteiger partial charge in [0.2, 0.25) is 11.2 Å². The maximum atomic E-state index is 5.58. The largest absolute Gasteiger partial charge is 0.438 e. The van der Waals surface area contributed by atoms with Crippen molar-refractivity contribution in [1.29, 1.82) is 0 Å². The van der Waals surface area contributed by atoms with Crippen molar-refractivity contribution in [2.45, 2.75) is 0 Å². The first-order valence-electron chi connectivity index (χ1n) is 9.31. The molecule has 138 valence electrons. The Bertz CT molecular complexity index is 1320. The van der Waals surface area contributed by atoms with Gasteiger partial charge in [-0.3, -0.25) is 0 Å². The third kappa shape index (κ3) is 2.36. The van der Waals surface area contributed by atoms with Crippen molar-refractivity contribution < 1.29 is 9.15 Å². The Balaban J connectivity index is 1.52. The predicted octanol–water partition coefficient (Wildman–Crippen LogP) is 3.76. The highest BCUT2D eigenvalue weighted by molar-refractivity contribution is 6.08. The first kappa shape index (κ1) is 15.6. The van der Waals surface area contributed by atoms with Crippen LogP contribution in [0.5, 0.6) is 0 Å². The number of hydrogen-bond donors (Lipinski definition) is 1. The van der Waals surface area contributed by atoms with E-state index < -0.39 is 0 Å². The standard InChI is InChI=1S/C21H17N5O2/c1-2-4-16-14(3-1)15-6-5-13(11-17(15)23-16)19-24-20-18(28-12-22-20)21(25-19)26-7-9-27-10-8-26/h1-6,11-12,23H,7-10H2. The van der Waals surface area contributed by atoms with E-state index >= 15 is 0 Å². The van der Waals surface area contributed by atoms with E-state index in [1.807, 2.05) is 6.07 Å². The van der Waals surface area contributed by atoms with Crippen LogP contribution in [0.25, 0.3) is 44.4 Å². The molecule has 5 aromatic rings. The highest BCUT2D eigenvalue weighted by atomic mass is 16.5. The van der Waals surface area contributed by atoms with Crippen LogP contribution in [0.1, 0.15) is 0 Å². The predicted molar refractivity (Wildman–Crippen MR) is 107 cm³/mol. The first-order chi connectivity index (χ1) is 13.9. The smallest absolute Gasteiger partial charge is 0.215 e. The Hall–Kier alpha value is -3.45. The van der Waals surface area contributed by atoms with Crippen LogP contribution in [0.4, 0.5) is 5.82 Å². The third-order valence-electron chi connectivity index (χ3n) is 5.25. The zero-order chi connectivity index (χ0) is 18.5. The van der Waals surface area contributed by atoms with Gasteiger partial charge < -0.3 is 19.0 Å². The van der Waals surface area contributed by atoms with Crippen molar-refractivity contribution in [3.05, 3.63) is 48.9 Å². The highest BCUT2D eigenvalue weighted by Crippen LogP contribution is 2.31. The molecule has 2 aromatic carbocycles. The number of nitrogens with one attached hydrogen (secondary N) is 1. The number of H-pyrrole nitrogens is 1. The fourth-order valence-electron chi connectivity index (χ4n) is 3.86. The summed E-state index contributed by atoms with van der Waals surface area (Å²) < 4.78 is 11.0. The molecule has 1 aliphatic rings. The number of para-hydroxylation sites is 1. The van der Waals surface area contributed by atoms with Crippen molar-refractivity contribution >= 4 is 38.9 Å². The van der Waals surface area contributed by atoms with Gasteiger partial charge in [-0.15, -0.1) is 0 Å². The summed E-state index contributed by atoms with van der Waals surface area (Å²) >= 11 is 0. The molecule has 6 rings (SSSR count). The van der Waals surface area contributed by atoms with Crippen LogP contribution >= 0.6 is 0 Å². The van der Waals surface area contributed by atoms with Gasteiger partial charge in [-0.25, -0.2) is 9.97 Å². The van der Waals surface area contributed by atoms with Crippen molar-refractivity contribution in [3.8, 4) is 11.4 Å². The number of oxazole rings is 1. The average Bonchev–Trinajstić information content (AvgIpc) is 3.37. The van der Waals surface area contributed by atoms with Gasteiger partial charge in [-0.2, -0.15) is 4.98 Å². The van der Waals surface area contributed by atoms with Gasteiger partial charge in [0.05, 0.1) is 13.2 Å². The van der Waals surface area contributed by atoms with Gasteiger partial charge in [-0.05, 0) is 12.1 Å². The zero-order valence-electron chi connectivity index (χ0n) is 15.1. The lowest BCUT2D eigenvalue weighted by Crippen LogP contribution is -2.37. The number of ether oxygens (including phenoxy) is 1. The second kappa shape index (κ2) is 6.03. The number of aromatic nitrogens is 4. The minimum absolute atomic E-state index is 0.572. The van der Waals surface area contributed by atoms with Crippen LogP contribution in [0.2, 0.25) is 0 Å². The maximum Gasteiger partial charge on any atom is 0.215 e. The molecular formula is C21H17N5O2. The summed E-state index contributed by atoms with van der Waals surface area (Å²) in [6.45, 7) is 2.90. The molecule has 3 aromatic heterocycles. The topological polar surface area (TPSA) is 80.1 Å². The molecule has 0 spiro atoms. The molecular weight excluding hydrogens is 354 g/mol. The molecule has 0 aliphatic carbocycles. The number of benzene rings is 2. The second-order valence-electron chi connectivity index (χ2n) is 6.91. The monoisotopic (exact) mass is 371 g/mol.